The van der Waals surface area contributed by atoms with E-state index in [-0.39, 0.29) is 11.6 Å². The number of anilines is 1. The fourth-order valence-electron chi connectivity index (χ4n) is 1.96. The van der Waals surface area contributed by atoms with E-state index >= 15 is 0 Å². The molecule has 1 heterocycles. The molecule has 0 aromatic heterocycles. The lowest BCUT2D eigenvalue weighted by molar-refractivity contribution is -0.133. The standard InChI is InChI=1S/C12H15FN2O/c13-12-9(4-3-5-10(12)14)8-15-7-2-1-6-11(15)16/h3-5H,1-2,6-8,14H2. The highest BCUT2D eigenvalue weighted by molar-refractivity contribution is 5.76. The van der Waals surface area contributed by atoms with Crippen molar-refractivity contribution in [2.45, 2.75) is 25.8 Å². The minimum absolute atomic E-state index is 0.105. The Balaban J connectivity index is 2.14. The minimum Gasteiger partial charge on any atom is -0.396 e. The Bertz CT molecular complexity index is 406. The number of nitrogen functional groups attached to an aromatic ring is 1. The van der Waals surface area contributed by atoms with Crippen LogP contribution in [-0.4, -0.2) is 17.4 Å². The molecule has 1 aromatic carbocycles. The molecule has 0 bridgehead atoms. The van der Waals surface area contributed by atoms with Crippen LogP contribution in [0.1, 0.15) is 24.8 Å². The molecule has 3 nitrogen and oxygen atoms in total. The third-order valence-corrected chi connectivity index (χ3v) is 2.89. The molecule has 86 valence electrons. The monoisotopic (exact) mass is 222 g/mol. The lowest BCUT2D eigenvalue weighted by atomic mass is 10.1. The zero-order chi connectivity index (χ0) is 11.5. The maximum absolute atomic E-state index is 13.6. The summed E-state index contributed by atoms with van der Waals surface area (Å²) in [5, 5.41) is 0. The second-order valence-electron chi connectivity index (χ2n) is 4.09. The van der Waals surface area contributed by atoms with Gasteiger partial charge in [-0.25, -0.2) is 4.39 Å². The number of carbonyl (C=O) groups is 1. The third-order valence-electron chi connectivity index (χ3n) is 2.89. The van der Waals surface area contributed by atoms with Crippen molar-refractivity contribution in [1.29, 1.82) is 0 Å². The van der Waals surface area contributed by atoms with Crippen molar-refractivity contribution in [3.8, 4) is 0 Å². The topological polar surface area (TPSA) is 46.3 Å². The number of carbonyl (C=O) groups excluding carboxylic acids is 1. The molecule has 1 fully saturated rings. The Kier molecular flexibility index (Phi) is 3.08. The fraction of sp³-hybridized carbons (Fsp3) is 0.417. The third kappa shape index (κ3) is 2.15. The molecule has 1 amide bonds. The van der Waals surface area contributed by atoms with Crippen molar-refractivity contribution in [1.82, 2.24) is 4.90 Å². The summed E-state index contributed by atoms with van der Waals surface area (Å²) in [5.74, 6) is -0.297. The molecule has 1 aliphatic heterocycles. The Hall–Kier alpha value is -1.58. The van der Waals surface area contributed by atoms with Crippen molar-refractivity contribution < 1.29 is 9.18 Å². The summed E-state index contributed by atoms with van der Waals surface area (Å²) in [4.78, 5) is 13.3. The van der Waals surface area contributed by atoms with E-state index < -0.39 is 5.82 Å². The summed E-state index contributed by atoms with van der Waals surface area (Å²) < 4.78 is 13.6. The van der Waals surface area contributed by atoms with E-state index in [2.05, 4.69) is 0 Å². The molecule has 16 heavy (non-hydrogen) atoms. The molecule has 0 spiro atoms. The van der Waals surface area contributed by atoms with Crippen LogP contribution in [0, 0.1) is 5.82 Å². The molecule has 0 unspecified atom stereocenters. The van der Waals surface area contributed by atoms with Gasteiger partial charge in [-0.15, -0.1) is 0 Å². The lowest BCUT2D eigenvalue weighted by Gasteiger charge is -2.27. The Morgan fingerprint density at radius 1 is 1.38 bits per heavy atom. The highest BCUT2D eigenvalue weighted by Crippen LogP contribution is 2.19. The molecule has 0 aliphatic carbocycles. The molecule has 1 aliphatic rings. The summed E-state index contributed by atoms with van der Waals surface area (Å²) >= 11 is 0. The Morgan fingerprint density at radius 3 is 2.94 bits per heavy atom. The van der Waals surface area contributed by atoms with Gasteiger partial charge in [0.1, 0.15) is 0 Å². The first-order chi connectivity index (χ1) is 7.68. The molecule has 0 atom stereocenters. The molecule has 4 heteroatoms. The van der Waals surface area contributed by atoms with E-state index in [1.807, 2.05) is 0 Å². The van der Waals surface area contributed by atoms with Gasteiger partial charge in [-0.3, -0.25) is 4.79 Å². The number of hydrogen-bond donors (Lipinski definition) is 1. The van der Waals surface area contributed by atoms with Gasteiger partial charge in [0.2, 0.25) is 5.91 Å². The average Bonchev–Trinajstić information content (AvgIpc) is 2.28. The first-order valence-corrected chi connectivity index (χ1v) is 5.49. The average molecular weight is 222 g/mol. The number of halogens is 1. The molecular weight excluding hydrogens is 207 g/mol. The minimum atomic E-state index is -0.402. The highest BCUT2D eigenvalue weighted by Gasteiger charge is 2.19. The molecule has 1 aromatic rings. The smallest absolute Gasteiger partial charge is 0.222 e. The second-order valence-corrected chi connectivity index (χ2v) is 4.09. The van der Waals surface area contributed by atoms with Crippen molar-refractivity contribution >= 4 is 11.6 Å². The summed E-state index contributed by atoms with van der Waals surface area (Å²) in [6.45, 7) is 1.04. The summed E-state index contributed by atoms with van der Waals surface area (Å²) in [6.07, 6.45) is 2.51. The van der Waals surface area contributed by atoms with Crippen LogP contribution >= 0.6 is 0 Å². The predicted molar refractivity (Wildman–Crippen MR) is 60.1 cm³/mol. The summed E-state index contributed by atoms with van der Waals surface area (Å²) in [7, 11) is 0. The predicted octanol–water partition coefficient (Wildman–Crippen LogP) is 1.92. The highest BCUT2D eigenvalue weighted by atomic mass is 19.1. The quantitative estimate of drug-likeness (QED) is 0.777. The van der Waals surface area contributed by atoms with E-state index in [4.69, 9.17) is 5.73 Å². The zero-order valence-electron chi connectivity index (χ0n) is 9.08. The first kappa shape index (κ1) is 10.9. The number of rotatable bonds is 2. The molecule has 2 N–H and O–H groups in total. The largest absolute Gasteiger partial charge is 0.396 e. The van der Waals surface area contributed by atoms with Crippen LogP contribution in [0.4, 0.5) is 10.1 Å². The van der Waals surface area contributed by atoms with E-state index in [1.165, 1.54) is 6.07 Å². The van der Waals surface area contributed by atoms with Crippen LogP contribution in [0.25, 0.3) is 0 Å². The number of nitrogens with two attached hydrogens (primary N) is 1. The van der Waals surface area contributed by atoms with Crippen molar-refractivity contribution in [2.24, 2.45) is 0 Å². The second kappa shape index (κ2) is 4.51. The maximum atomic E-state index is 13.6. The van der Waals surface area contributed by atoms with Gasteiger partial charge in [-0.05, 0) is 18.9 Å². The van der Waals surface area contributed by atoms with E-state index in [0.29, 0.717) is 25.1 Å². The number of nitrogens with zero attached hydrogens (tertiary/aromatic N) is 1. The number of likely N-dealkylation sites (tertiary alicyclic amines) is 1. The Morgan fingerprint density at radius 2 is 2.19 bits per heavy atom. The summed E-state index contributed by atoms with van der Waals surface area (Å²) in [5.41, 5.74) is 6.12. The van der Waals surface area contributed by atoms with Crippen molar-refractivity contribution in [2.75, 3.05) is 12.3 Å². The van der Waals surface area contributed by atoms with Gasteiger partial charge >= 0.3 is 0 Å². The normalized spacial score (nSPS) is 16.6. The number of benzene rings is 1. The SMILES string of the molecule is Nc1cccc(CN2CCCCC2=O)c1F. The van der Waals surface area contributed by atoms with Gasteiger partial charge in [0, 0.05) is 25.1 Å². The van der Waals surface area contributed by atoms with Gasteiger partial charge in [0.15, 0.2) is 5.82 Å². The van der Waals surface area contributed by atoms with E-state index in [0.717, 1.165) is 12.8 Å². The number of piperidine rings is 1. The Labute approximate surface area is 94.0 Å². The van der Waals surface area contributed by atoms with Crippen LogP contribution in [0.5, 0.6) is 0 Å². The van der Waals surface area contributed by atoms with Crippen molar-refractivity contribution in [3.05, 3.63) is 29.6 Å². The van der Waals surface area contributed by atoms with Gasteiger partial charge in [0.25, 0.3) is 0 Å². The fourth-order valence-corrected chi connectivity index (χ4v) is 1.96. The van der Waals surface area contributed by atoms with Crippen LogP contribution < -0.4 is 5.73 Å². The molecule has 2 rings (SSSR count). The first-order valence-electron chi connectivity index (χ1n) is 5.49. The van der Waals surface area contributed by atoms with Crippen LogP contribution in [0.15, 0.2) is 18.2 Å². The van der Waals surface area contributed by atoms with Crippen LogP contribution in [-0.2, 0) is 11.3 Å². The molecule has 0 radical (unpaired) electrons. The summed E-state index contributed by atoms with van der Waals surface area (Å²) in [6, 6.07) is 4.91. The lowest BCUT2D eigenvalue weighted by Crippen LogP contribution is -2.34. The van der Waals surface area contributed by atoms with Gasteiger partial charge in [0.05, 0.1) is 5.69 Å². The maximum Gasteiger partial charge on any atom is 0.222 e. The molecule has 0 saturated carbocycles. The van der Waals surface area contributed by atoms with Crippen molar-refractivity contribution in [3.63, 3.8) is 0 Å². The molecular formula is C12H15FN2O. The zero-order valence-corrected chi connectivity index (χ0v) is 9.08. The van der Waals surface area contributed by atoms with E-state index in [9.17, 15) is 9.18 Å². The number of amides is 1. The number of hydrogen-bond acceptors (Lipinski definition) is 2. The molecule has 1 saturated heterocycles. The van der Waals surface area contributed by atoms with Crippen LogP contribution in [0.3, 0.4) is 0 Å². The van der Waals surface area contributed by atoms with Gasteiger partial charge < -0.3 is 10.6 Å². The van der Waals surface area contributed by atoms with Gasteiger partial charge in [-0.1, -0.05) is 12.1 Å². The van der Waals surface area contributed by atoms with Crippen LogP contribution in [0.2, 0.25) is 0 Å². The van der Waals surface area contributed by atoms with E-state index in [1.54, 1.807) is 17.0 Å². The van der Waals surface area contributed by atoms with Gasteiger partial charge in [-0.2, -0.15) is 0 Å².